The Balaban J connectivity index is 2.18. The normalized spacial score (nSPS) is 29.5. The fourth-order valence-electron chi connectivity index (χ4n) is 1.95. The van der Waals surface area contributed by atoms with Crippen LogP contribution in [0.25, 0.3) is 0 Å². The number of halogens is 2. The number of alkyl halides is 2. The van der Waals surface area contributed by atoms with Gasteiger partial charge in [0.05, 0.1) is 6.54 Å². The van der Waals surface area contributed by atoms with Gasteiger partial charge in [-0.2, -0.15) is 0 Å². The lowest BCUT2D eigenvalue weighted by Crippen LogP contribution is -2.38. The Kier molecular flexibility index (Phi) is 4.59. The third-order valence-corrected chi connectivity index (χ3v) is 2.68. The van der Waals surface area contributed by atoms with Crippen LogP contribution in [0, 0.1) is 5.92 Å². The van der Waals surface area contributed by atoms with Crippen molar-refractivity contribution in [1.82, 2.24) is 5.32 Å². The molecule has 78 valence electrons. The summed E-state index contributed by atoms with van der Waals surface area (Å²) in [4.78, 5) is 0. The maximum Gasteiger partial charge on any atom is 0.250 e. The van der Waals surface area contributed by atoms with Crippen LogP contribution >= 0.6 is 0 Å². The maximum atomic E-state index is 11.9. The van der Waals surface area contributed by atoms with Crippen molar-refractivity contribution >= 4 is 0 Å². The lowest BCUT2D eigenvalue weighted by molar-refractivity contribution is 0.135. The van der Waals surface area contributed by atoms with E-state index in [0.717, 1.165) is 25.7 Å². The van der Waals surface area contributed by atoms with Crippen molar-refractivity contribution in [3.05, 3.63) is 0 Å². The molecule has 0 heterocycles. The van der Waals surface area contributed by atoms with Crippen molar-refractivity contribution in [3.63, 3.8) is 0 Å². The predicted octanol–water partition coefficient (Wildman–Crippen LogP) is 1.36. The Bertz CT molecular complexity index is 142. The molecule has 1 aliphatic carbocycles. The van der Waals surface area contributed by atoms with Crippen LogP contribution in [0.2, 0.25) is 0 Å². The molecule has 13 heavy (non-hydrogen) atoms. The molecule has 0 unspecified atom stereocenters. The average Bonchev–Trinajstić information content (AvgIpc) is 2.15. The van der Waals surface area contributed by atoms with Crippen LogP contribution < -0.4 is 11.1 Å². The molecule has 0 saturated heterocycles. The zero-order chi connectivity index (χ0) is 9.68. The molecule has 1 rings (SSSR count). The molecule has 0 aromatic heterocycles. The minimum Gasteiger partial charge on any atom is -0.330 e. The highest BCUT2D eigenvalue weighted by Crippen LogP contribution is 2.23. The van der Waals surface area contributed by atoms with E-state index in [1.165, 1.54) is 0 Å². The van der Waals surface area contributed by atoms with Crippen molar-refractivity contribution < 1.29 is 8.78 Å². The Morgan fingerprint density at radius 2 is 2.15 bits per heavy atom. The second-order valence-electron chi connectivity index (χ2n) is 3.76. The topological polar surface area (TPSA) is 38.0 Å². The van der Waals surface area contributed by atoms with Gasteiger partial charge in [-0.1, -0.05) is 6.42 Å². The quantitative estimate of drug-likeness (QED) is 0.705. The number of nitrogens with one attached hydrogen (secondary N) is 1. The minimum atomic E-state index is -2.24. The summed E-state index contributed by atoms with van der Waals surface area (Å²) in [5, 5.41) is 2.88. The molecule has 0 spiro atoms. The van der Waals surface area contributed by atoms with Gasteiger partial charge in [-0.3, -0.25) is 0 Å². The molecule has 1 fully saturated rings. The van der Waals surface area contributed by atoms with Gasteiger partial charge in [0.2, 0.25) is 0 Å². The van der Waals surface area contributed by atoms with Gasteiger partial charge in [-0.15, -0.1) is 0 Å². The second kappa shape index (κ2) is 5.50. The fraction of sp³-hybridized carbons (Fsp3) is 1.00. The average molecular weight is 192 g/mol. The summed E-state index contributed by atoms with van der Waals surface area (Å²) >= 11 is 0. The summed E-state index contributed by atoms with van der Waals surface area (Å²) < 4.78 is 23.8. The van der Waals surface area contributed by atoms with Gasteiger partial charge in [0.1, 0.15) is 0 Å². The molecule has 0 amide bonds. The Morgan fingerprint density at radius 3 is 2.77 bits per heavy atom. The van der Waals surface area contributed by atoms with Crippen molar-refractivity contribution in [1.29, 1.82) is 0 Å². The highest BCUT2D eigenvalue weighted by molar-refractivity contribution is 4.78. The summed E-state index contributed by atoms with van der Waals surface area (Å²) in [5.41, 5.74) is 5.55. The molecule has 2 nitrogen and oxygen atoms in total. The fourth-order valence-corrected chi connectivity index (χ4v) is 1.95. The molecular formula is C9H18F2N2. The summed E-state index contributed by atoms with van der Waals surface area (Å²) in [7, 11) is 0. The van der Waals surface area contributed by atoms with Gasteiger partial charge in [0, 0.05) is 6.04 Å². The van der Waals surface area contributed by atoms with E-state index in [9.17, 15) is 8.78 Å². The third kappa shape index (κ3) is 4.00. The van der Waals surface area contributed by atoms with Gasteiger partial charge >= 0.3 is 0 Å². The molecule has 0 bridgehead atoms. The van der Waals surface area contributed by atoms with E-state index in [1.54, 1.807) is 0 Å². The third-order valence-electron chi connectivity index (χ3n) is 2.68. The molecule has 2 atom stereocenters. The van der Waals surface area contributed by atoms with Crippen molar-refractivity contribution in [2.75, 3.05) is 13.1 Å². The van der Waals surface area contributed by atoms with E-state index in [-0.39, 0.29) is 12.6 Å². The van der Waals surface area contributed by atoms with Crippen LogP contribution in [0.15, 0.2) is 0 Å². The van der Waals surface area contributed by atoms with E-state index in [1.807, 2.05) is 0 Å². The molecule has 1 saturated carbocycles. The van der Waals surface area contributed by atoms with Crippen LogP contribution in [-0.2, 0) is 0 Å². The van der Waals surface area contributed by atoms with E-state index >= 15 is 0 Å². The van der Waals surface area contributed by atoms with E-state index in [0.29, 0.717) is 12.5 Å². The van der Waals surface area contributed by atoms with Gasteiger partial charge in [0.15, 0.2) is 0 Å². The standard InChI is InChI=1S/C9H18F2N2/c10-9(11)6-13-8-3-1-2-7(4-8)5-12/h7-9,13H,1-6,12H2/t7-,8-/m1/s1. The lowest BCUT2D eigenvalue weighted by Gasteiger charge is -2.28. The van der Waals surface area contributed by atoms with Crippen LogP contribution in [0.3, 0.4) is 0 Å². The monoisotopic (exact) mass is 192 g/mol. The molecule has 0 aromatic carbocycles. The molecule has 0 radical (unpaired) electrons. The summed E-state index contributed by atoms with van der Waals surface area (Å²) in [6.07, 6.45) is 2.01. The largest absolute Gasteiger partial charge is 0.330 e. The molecule has 1 aliphatic rings. The van der Waals surface area contributed by atoms with E-state index in [2.05, 4.69) is 5.32 Å². The Morgan fingerprint density at radius 1 is 1.38 bits per heavy atom. The summed E-state index contributed by atoms with van der Waals surface area (Å²) in [5.74, 6) is 0.531. The zero-order valence-electron chi connectivity index (χ0n) is 7.81. The minimum absolute atomic E-state index is 0.179. The first-order chi connectivity index (χ1) is 6.22. The highest BCUT2D eigenvalue weighted by Gasteiger charge is 2.20. The zero-order valence-corrected chi connectivity index (χ0v) is 7.81. The molecule has 3 N–H and O–H groups in total. The summed E-state index contributed by atoms with van der Waals surface area (Å²) in [6, 6.07) is 0.260. The lowest BCUT2D eigenvalue weighted by atomic mass is 9.86. The molecule has 0 aliphatic heterocycles. The van der Waals surface area contributed by atoms with Crippen molar-refractivity contribution in [3.8, 4) is 0 Å². The van der Waals surface area contributed by atoms with E-state index in [4.69, 9.17) is 5.73 Å². The smallest absolute Gasteiger partial charge is 0.250 e. The second-order valence-corrected chi connectivity index (χ2v) is 3.76. The Hall–Kier alpha value is -0.220. The van der Waals surface area contributed by atoms with Gasteiger partial charge < -0.3 is 11.1 Å². The van der Waals surface area contributed by atoms with Crippen LogP contribution in [0.1, 0.15) is 25.7 Å². The van der Waals surface area contributed by atoms with Crippen LogP contribution in [-0.4, -0.2) is 25.6 Å². The van der Waals surface area contributed by atoms with Gasteiger partial charge in [0.25, 0.3) is 6.43 Å². The first-order valence-corrected chi connectivity index (χ1v) is 4.94. The molecule has 0 aromatic rings. The number of hydrogen-bond donors (Lipinski definition) is 2. The Labute approximate surface area is 77.9 Å². The maximum absolute atomic E-state index is 11.9. The van der Waals surface area contributed by atoms with Crippen molar-refractivity contribution in [2.45, 2.75) is 38.2 Å². The van der Waals surface area contributed by atoms with Crippen LogP contribution in [0.5, 0.6) is 0 Å². The number of nitrogens with two attached hydrogens (primary N) is 1. The first kappa shape index (κ1) is 10.9. The van der Waals surface area contributed by atoms with Gasteiger partial charge in [-0.05, 0) is 31.7 Å². The van der Waals surface area contributed by atoms with E-state index < -0.39 is 6.43 Å². The predicted molar refractivity (Wildman–Crippen MR) is 48.8 cm³/mol. The SMILES string of the molecule is NC[C@@H]1CCC[C@@H](NCC(F)F)C1. The van der Waals surface area contributed by atoms with Gasteiger partial charge in [-0.25, -0.2) is 8.78 Å². The first-order valence-electron chi connectivity index (χ1n) is 4.94. The molecular weight excluding hydrogens is 174 g/mol. The highest BCUT2D eigenvalue weighted by atomic mass is 19.3. The summed E-state index contributed by atoms with van der Waals surface area (Å²) in [6.45, 7) is 0.509. The molecule has 4 heteroatoms. The van der Waals surface area contributed by atoms with Crippen LogP contribution in [0.4, 0.5) is 8.78 Å². The number of rotatable bonds is 4. The number of hydrogen-bond acceptors (Lipinski definition) is 2. The van der Waals surface area contributed by atoms with Crippen molar-refractivity contribution in [2.24, 2.45) is 11.7 Å².